The Morgan fingerprint density at radius 3 is 2.86 bits per heavy atom. The van der Waals surface area contributed by atoms with E-state index in [1.807, 2.05) is 25.1 Å². The molecule has 0 saturated carbocycles. The first kappa shape index (κ1) is 15.6. The number of nitrogens with one attached hydrogen (secondary N) is 1. The summed E-state index contributed by atoms with van der Waals surface area (Å²) in [5.41, 5.74) is 1.09. The number of carbonyl (C=O) groups excluding carboxylic acids is 1. The van der Waals surface area contributed by atoms with Crippen LogP contribution in [0.2, 0.25) is 0 Å². The Morgan fingerprint density at radius 1 is 1.38 bits per heavy atom. The summed E-state index contributed by atoms with van der Waals surface area (Å²) in [6, 6.07) is 8.05. The molecule has 1 atom stereocenters. The minimum absolute atomic E-state index is 0.0540. The lowest BCUT2D eigenvalue weighted by Gasteiger charge is -2.25. The monoisotopic (exact) mass is 292 g/mol. The molecule has 1 unspecified atom stereocenters. The van der Waals surface area contributed by atoms with Gasteiger partial charge in [-0.15, -0.1) is 0 Å². The van der Waals surface area contributed by atoms with Gasteiger partial charge >= 0.3 is 6.09 Å². The molecule has 21 heavy (non-hydrogen) atoms. The van der Waals surface area contributed by atoms with Gasteiger partial charge in [-0.3, -0.25) is 0 Å². The molecule has 116 valence electrons. The van der Waals surface area contributed by atoms with E-state index in [1.165, 1.54) is 0 Å². The molecule has 1 heterocycles. The third-order valence-electron chi connectivity index (χ3n) is 3.48. The van der Waals surface area contributed by atoms with Crippen LogP contribution in [0.25, 0.3) is 0 Å². The van der Waals surface area contributed by atoms with Crippen LogP contribution in [0.1, 0.15) is 31.9 Å². The van der Waals surface area contributed by atoms with Crippen LogP contribution in [0.15, 0.2) is 24.3 Å². The number of nitrogens with zero attached hydrogens (tertiary/aromatic N) is 1. The summed E-state index contributed by atoms with van der Waals surface area (Å²) >= 11 is 0. The van der Waals surface area contributed by atoms with Gasteiger partial charge in [0.25, 0.3) is 0 Å². The van der Waals surface area contributed by atoms with E-state index in [9.17, 15) is 4.79 Å². The maximum atomic E-state index is 11.7. The third-order valence-corrected chi connectivity index (χ3v) is 3.48. The predicted octanol–water partition coefficient (Wildman–Crippen LogP) is 2.58. The van der Waals surface area contributed by atoms with Crippen LogP contribution < -0.4 is 10.1 Å². The summed E-state index contributed by atoms with van der Waals surface area (Å²) < 4.78 is 10.7. The second-order valence-corrected chi connectivity index (χ2v) is 5.04. The molecule has 2 rings (SSSR count). The molecular formula is C16H24N2O3. The SMILES string of the molecule is CCCNC(CN1CCOC1=O)c1ccccc1OCC. The highest BCUT2D eigenvalue weighted by molar-refractivity contribution is 5.69. The van der Waals surface area contributed by atoms with E-state index in [-0.39, 0.29) is 12.1 Å². The Kier molecular flexibility index (Phi) is 5.87. The molecule has 5 heteroatoms. The number of para-hydroxylation sites is 1. The highest BCUT2D eigenvalue weighted by atomic mass is 16.6. The lowest BCUT2D eigenvalue weighted by Crippen LogP contribution is -2.36. The Hall–Kier alpha value is -1.75. The average Bonchev–Trinajstić information content (AvgIpc) is 2.90. The fourth-order valence-electron chi connectivity index (χ4n) is 2.46. The van der Waals surface area contributed by atoms with Crippen LogP contribution >= 0.6 is 0 Å². The van der Waals surface area contributed by atoms with Gasteiger partial charge in [0.1, 0.15) is 12.4 Å². The summed E-state index contributed by atoms with van der Waals surface area (Å²) in [6.07, 6.45) is 0.810. The number of hydrogen-bond acceptors (Lipinski definition) is 4. The largest absolute Gasteiger partial charge is 0.494 e. The summed E-state index contributed by atoms with van der Waals surface area (Å²) in [7, 11) is 0. The normalized spacial score (nSPS) is 15.9. The van der Waals surface area contributed by atoms with Gasteiger partial charge < -0.3 is 19.7 Å². The standard InChI is InChI=1S/C16H24N2O3/c1-3-9-17-14(12-18-10-11-21-16(18)19)13-7-5-6-8-15(13)20-4-2/h5-8,14,17H,3-4,9-12H2,1-2H3. The van der Waals surface area contributed by atoms with Crippen LogP contribution in [-0.4, -0.2) is 43.8 Å². The van der Waals surface area contributed by atoms with E-state index in [0.717, 1.165) is 24.3 Å². The fraction of sp³-hybridized carbons (Fsp3) is 0.562. The van der Waals surface area contributed by atoms with E-state index in [1.54, 1.807) is 4.90 Å². The molecule has 1 amide bonds. The maximum Gasteiger partial charge on any atom is 0.410 e. The number of hydrogen-bond donors (Lipinski definition) is 1. The summed E-state index contributed by atoms with van der Waals surface area (Å²) in [5.74, 6) is 0.876. The van der Waals surface area contributed by atoms with E-state index >= 15 is 0 Å². The number of amides is 1. The van der Waals surface area contributed by atoms with Gasteiger partial charge in [0.2, 0.25) is 0 Å². The summed E-state index contributed by atoms with van der Waals surface area (Å²) in [4.78, 5) is 13.4. The van der Waals surface area contributed by atoms with Crippen molar-refractivity contribution in [3.05, 3.63) is 29.8 Å². The second kappa shape index (κ2) is 7.88. The van der Waals surface area contributed by atoms with Gasteiger partial charge in [-0.05, 0) is 26.0 Å². The van der Waals surface area contributed by atoms with Gasteiger partial charge in [0, 0.05) is 12.1 Å². The van der Waals surface area contributed by atoms with Gasteiger partial charge in [0.15, 0.2) is 0 Å². The minimum atomic E-state index is -0.229. The first-order valence-electron chi connectivity index (χ1n) is 7.63. The molecule has 1 aromatic carbocycles. The first-order valence-corrected chi connectivity index (χ1v) is 7.63. The molecule has 1 aliphatic heterocycles. The van der Waals surface area contributed by atoms with Gasteiger partial charge in [-0.1, -0.05) is 25.1 Å². The van der Waals surface area contributed by atoms with Crippen molar-refractivity contribution in [3.63, 3.8) is 0 Å². The van der Waals surface area contributed by atoms with Gasteiger partial charge in [-0.25, -0.2) is 4.79 Å². The van der Waals surface area contributed by atoms with Crippen molar-refractivity contribution >= 4 is 6.09 Å². The Labute approximate surface area is 126 Å². The molecular weight excluding hydrogens is 268 g/mol. The Bertz CT molecular complexity index is 465. The van der Waals surface area contributed by atoms with Crippen molar-refractivity contribution in [2.45, 2.75) is 26.3 Å². The molecule has 0 spiro atoms. The molecule has 0 radical (unpaired) electrons. The summed E-state index contributed by atoms with van der Waals surface area (Å²) in [5, 5.41) is 3.50. The molecule has 1 saturated heterocycles. The van der Waals surface area contributed by atoms with Gasteiger partial charge in [0.05, 0.1) is 19.2 Å². The number of carbonyl (C=O) groups is 1. The van der Waals surface area contributed by atoms with Crippen molar-refractivity contribution < 1.29 is 14.3 Å². The van der Waals surface area contributed by atoms with Crippen LogP contribution in [-0.2, 0) is 4.74 Å². The highest BCUT2D eigenvalue weighted by Crippen LogP contribution is 2.26. The average molecular weight is 292 g/mol. The van der Waals surface area contributed by atoms with Crippen LogP contribution in [0.4, 0.5) is 4.79 Å². The van der Waals surface area contributed by atoms with Crippen molar-refractivity contribution in [1.29, 1.82) is 0 Å². The number of rotatable bonds is 8. The number of benzene rings is 1. The molecule has 1 N–H and O–H groups in total. The fourth-order valence-corrected chi connectivity index (χ4v) is 2.46. The van der Waals surface area contributed by atoms with Crippen molar-refractivity contribution in [1.82, 2.24) is 10.2 Å². The zero-order chi connectivity index (χ0) is 15.1. The van der Waals surface area contributed by atoms with Gasteiger partial charge in [-0.2, -0.15) is 0 Å². The Morgan fingerprint density at radius 2 is 2.19 bits per heavy atom. The zero-order valence-electron chi connectivity index (χ0n) is 12.8. The molecule has 0 aliphatic carbocycles. The van der Waals surface area contributed by atoms with E-state index in [4.69, 9.17) is 9.47 Å². The third kappa shape index (κ3) is 4.11. The van der Waals surface area contributed by atoms with Crippen molar-refractivity contribution in [2.24, 2.45) is 0 Å². The molecule has 5 nitrogen and oxygen atoms in total. The molecule has 1 aliphatic rings. The molecule has 1 fully saturated rings. The van der Waals surface area contributed by atoms with Crippen LogP contribution in [0.5, 0.6) is 5.75 Å². The molecule has 1 aromatic rings. The number of cyclic esters (lactones) is 1. The maximum absolute atomic E-state index is 11.7. The zero-order valence-corrected chi connectivity index (χ0v) is 12.8. The predicted molar refractivity (Wildman–Crippen MR) is 81.6 cm³/mol. The summed E-state index contributed by atoms with van der Waals surface area (Å²) in [6.45, 7) is 7.36. The van der Waals surface area contributed by atoms with Crippen molar-refractivity contribution in [3.8, 4) is 5.75 Å². The minimum Gasteiger partial charge on any atom is -0.494 e. The van der Waals surface area contributed by atoms with Crippen LogP contribution in [0, 0.1) is 0 Å². The highest BCUT2D eigenvalue weighted by Gasteiger charge is 2.26. The Balaban J connectivity index is 2.16. The number of ether oxygens (including phenoxy) is 2. The first-order chi connectivity index (χ1) is 10.3. The van der Waals surface area contributed by atoms with E-state index in [2.05, 4.69) is 18.3 Å². The smallest absolute Gasteiger partial charge is 0.410 e. The lowest BCUT2D eigenvalue weighted by molar-refractivity contribution is 0.155. The quantitative estimate of drug-likeness (QED) is 0.800. The lowest BCUT2D eigenvalue weighted by atomic mass is 10.0. The molecule has 0 bridgehead atoms. The van der Waals surface area contributed by atoms with Crippen LogP contribution in [0.3, 0.4) is 0 Å². The second-order valence-electron chi connectivity index (χ2n) is 5.04. The van der Waals surface area contributed by atoms with E-state index in [0.29, 0.717) is 26.3 Å². The van der Waals surface area contributed by atoms with E-state index < -0.39 is 0 Å². The van der Waals surface area contributed by atoms with Crippen molar-refractivity contribution in [2.75, 3.05) is 32.8 Å². The topological polar surface area (TPSA) is 50.8 Å². The molecule has 0 aromatic heterocycles.